The molecule has 0 bridgehead atoms. The zero-order chi connectivity index (χ0) is 11.7. The Morgan fingerprint density at radius 1 is 1.56 bits per heavy atom. The average Bonchev–Trinajstić information content (AvgIpc) is 2.73. The third kappa shape index (κ3) is 1.95. The van der Waals surface area contributed by atoms with Crippen LogP contribution in [0.3, 0.4) is 0 Å². The van der Waals surface area contributed by atoms with Crippen molar-refractivity contribution in [1.82, 2.24) is 14.9 Å². The summed E-state index contributed by atoms with van der Waals surface area (Å²) in [6.45, 7) is 3.87. The summed E-state index contributed by atoms with van der Waals surface area (Å²) in [6, 6.07) is 1.79. The Bertz CT molecular complexity index is 527. The molecule has 0 amide bonds. The topological polar surface area (TPSA) is 81.2 Å². The van der Waals surface area contributed by atoms with Crippen molar-refractivity contribution in [2.45, 2.75) is 20.4 Å². The standard InChI is InChI=1S/C10H11N3O3/c1-6-3-8(16-12-6)4-13-5-9(10(14)15)7(2)11-13/h3,5H,4H2,1-2H3,(H,14,15). The SMILES string of the molecule is Cc1cc(Cn2cc(C(=O)O)c(C)n2)on1. The third-order valence-corrected chi connectivity index (χ3v) is 2.17. The molecule has 0 saturated carbocycles. The van der Waals surface area contributed by atoms with Gasteiger partial charge in [-0.05, 0) is 13.8 Å². The van der Waals surface area contributed by atoms with Crippen molar-refractivity contribution in [1.29, 1.82) is 0 Å². The van der Waals surface area contributed by atoms with Gasteiger partial charge in [0.1, 0.15) is 12.1 Å². The van der Waals surface area contributed by atoms with E-state index in [1.54, 1.807) is 13.0 Å². The van der Waals surface area contributed by atoms with Gasteiger partial charge in [0.05, 0.1) is 11.4 Å². The van der Waals surface area contributed by atoms with Gasteiger partial charge < -0.3 is 9.63 Å². The van der Waals surface area contributed by atoms with Gasteiger partial charge in [-0.1, -0.05) is 5.16 Å². The Kier molecular flexibility index (Phi) is 2.47. The number of rotatable bonds is 3. The van der Waals surface area contributed by atoms with Crippen LogP contribution in [0.2, 0.25) is 0 Å². The second-order valence-electron chi connectivity index (χ2n) is 3.57. The minimum absolute atomic E-state index is 0.205. The van der Waals surface area contributed by atoms with Crippen LogP contribution in [-0.4, -0.2) is 26.0 Å². The van der Waals surface area contributed by atoms with E-state index in [1.807, 2.05) is 6.92 Å². The van der Waals surface area contributed by atoms with E-state index in [-0.39, 0.29) is 5.56 Å². The molecular weight excluding hydrogens is 210 g/mol. The van der Waals surface area contributed by atoms with Gasteiger partial charge in [-0.3, -0.25) is 4.68 Å². The largest absolute Gasteiger partial charge is 0.478 e. The molecular formula is C10H11N3O3. The van der Waals surface area contributed by atoms with E-state index in [9.17, 15) is 4.79 Å². The summed E-state index contributed by atoms with van der Waals surface area (Å²) in [5.74, 6) is -0.325. The first-order chi connectivity index (χ1) is 7.56. The zero-order valence-corrected chi connectivity index (χ0v) is 8.97. The first-order valence-electron chi connectivity index (χ1n) is 4.76. The fourth-order valence-corrected chi connectivity index (χ4v) is 1.46. The van der Waals surface area contributed by atoms with E-state index in [0.29, 0.717) is 18.0 Å². The second-order valence-corrected chi connectivity index (χ2v) is 3.57. The van der Waals surface area contributed by atoms with Crippen LogP contribution in [0.4, 0.5) is 0 Å². The van der Waals surface area contributed by atoms with Gasteiger partial charge in [0, 0.05) is 12.3 Å². The highest BCUT2D eigenvalue weighted by Gasteiger charge is 2.12. The summed E-state index contributed by atoms with van der Waals surface area (Å²) in [5.41, 5.74) is 1.48. The lowest BCUT2D eigenvalue weighted by molar-refractivity contribution is 0.0696. The van der Waals surface area contributed by atoms with Gasteiger partial charge in [-0.2, -0.15) is 5.10 Å². The van der Waals surface area contributed by atoms with Crippen molar-refractivity contribution in [3.8, 4) is 0 Å². The minimum Gasteiger partial charge on any atom is -0.478 e. The number of hydrogen-bond acceptors (Lipinski definition) is 4. The molecule has 6 heteroatoms. The van der Waals surface area contributed by atoms with Crippen molar-refractivity contribution in [3.05, 3.63) is 35.0 Å². The van der Waals surface area contributed by atoms with Crippen molar-refractivity contribution in [2.75, 3.05) is 0 Å². The first-order valence-corrected chi connectivity index (χ1v) is 4.76. The molecule has 0 unspecified atom stereocenters. The summed E-state index contributed by atoms with van der Waals surface area (Å²) in [5, 5.41) is 16.7. The van der Waals surface area contributed by atoms with E-state index in [2.05, 4.69) is 10.3 Å². The van der Waals surface area contributed by atoms with E-state index < -0.39 is 5.97 Å². The van der Waals surface area contributed by atoms with Crippen LogP contribution in [0.1, 0.15) is 27.5 Å². The fraction of sp³-hybridized carbons (Fsp3) is 0.300. The van der Waals surface area contributed by atoms with Gasteiger partial charge in [0.15, 0.2) is 5.76 Å². The Morgan fingerprint density at radius 3 is 2.81 bits per heavy atom. The highest BCUT2D eigenvalue weighted by molar-refractivity contribution is 5.88. The molecule has 0 radical (unpaired) electrons. The predicted octanol–water partition coefficient (Wildman–Crippen LogP) is 1.23. The molecule has 1 N–H and O–H groups in total. The zero-order valence-electron chi connectivity index (χ0n) is 8.97. The van der Waals surface area contributed by atoms with Crippen molar-refractivity contribution < 1.29 is 14.4 Å². The molecule has 84 valence electrons. The number of carboxylic acid groups (broad SMARTS) is 1. The van der Waals surface area contributed by atoms with E-state index in [4.69, 9.17) is 9.63 Å². The molecule has 2 aromatic heterocycles. The maximum atomic E-state index is 10.8. The van der Waals surface area contributed by atoms with Gasteiger partial charge in [0.2, 0.25) is 0 Å². The van der Waals surface area contributed by atoms with Gasteiger partial charge in [0.25, 0.3) is 0 Å². The number of aromatic nitrogens is 3. The maximum absolute atomic E-state index is 10.8. The van der Waals surface area contributed by atoms with Gasteiger partial charge in [-0.25, -0.2) is 4.79 Å². The predicted molar refractivity (Wildman–Crippen MR) is 54.3 cm³/mol. The lowest BCUT2D eigenvalue weighted by Gasteiger charge is -1.94. The molecule has 0 saturated heterocycles. The Balaban J connectivity index is 2.22. The minimum atomic E-state index is -0.975. The quantitative estimate of drug-likeness (QED) is 0.843. The van der Waals surface area contributed by atoms with Crippen molar-refractivity contribution in [3.63, 3.8) is 0 Å². The van der Waals surface area contributed by atoms with Crippen molar-refractivity contribution >= 4 is 5.97 Å². The number of aryl methyl sites for hydroxylation is 2. The molecule has 0 aliphatic carbocycles. The Labute approximate surface area is 91.5 Å². The molecule has 0 aliphatic heterocycles. The highest BCUT2D eigenvalue weighted by Crippen LogP contribution is 2.09. The Hall–Kier alpha value is -2.11. The summed E-state index contributed by atoms with van der Waals surface area (Å²) < 4.78 is 6.55. The third-order valence-electron chi connectivity index (χ3n) is 2.17. The molecule has 0 aliphatic rings. The lowest BCUT2D eigenvalue weighted by Crippen LogP contribution is -1.99. The van der Waals surface area contributed by atoms with Crippen LogP contribution in [0, 0.1) is 13.8 Å². The first kappa shape index (κ1) is 10.4. The van der Waals surface area contributed by atoms with E-state index in [0.717, 1.165) is 5.69 Å². The number of hydrogen-bond donors (Lipinski definition) is 1. The molecule has 6 nitrogen and oxygen atoms in total. The normalized spacial score (nSPS) is 10.6. The van der Waals surface area contributed by atoms with Crippen LogP contribution >= 0.6 is 0 Å². The summed E-state index contributed by atoms with van der Waals surface area (Å²) in [7, 11) is 0. The smallest absolute Gasteiger partial charge is 0.339 e. The lowest BCUT2D eigenvalue weighted by atomic mass is 10.3. The van der Waals surface area contributed by atoms with Gasteiger partial charge >= 0.3 is 5.97 Å². The monoisotopic (exact) mass is 221 g/mol. The van der Waals surface area contributed by atoms with E-state index >= 15 is 0 Å². The van der Waals surface area contributed by atoms with Crippen LogP contribution in [0.15, 0.2) is 16.8 Å². The summed E-state index contributed by atoms with van der Waals surface area (Å²) in [6.07, 6.45) is 1.48. The van der Waals surface area contributed by atoms with Crippen LogP contribution in [-0.2, 0) is 6.54 Å². The summed E-state index contributed by atoms with van der Waals surface area (Å²) in [4.78, 5) is 10.8. The molecule has 16 heavy (non-hydrogen) atoms. The van der Waals surface area contributed by atoms with Gasteiger partial charge in [-0.15, -0.1) is 0 Å². The molecule has 0 spiro atoms. The fourth-order valence-electron chi connectivity index (χ4n) is 1.46. The molecule has 0 atom stereocenters. The average molecular weight is 221 g/mol. The van der Waals surface area contributed by atoms with Crippen LogP contribution in [0.5, 0.6) is 0 Å². The second kappa shape index (κ2) is 3.80. The van der Waals surface area contributed by atoms with E-state index in [1.165, 1.54) is 10.9 Å². The molecule has 2 aromatic rings. The maximum Gasteiger partial charge on any atom is 0.339 e. The molecule has 2 heterocycles. The van der Waals surface area contributed by atoms with Crippen LogP contribution in [0.25, 0.3) is 0 Å². The molecule has 2 rings (SSSR count). The number of aromatic carboxylic acids is 1. The number of carboxylic acids is 1. The number of carbonyl (C=O) groups is 1. The highest BCUT2D eigenvalue weighted by atomic mass is 16.5. The summed E-state index contributed by atoms with van der Waals surface area (Å²) >= 11 is 0. The molecule has 0 fully saturated rings. The Morgan fingerprint density at radius 2 is 2.31 bits per heavy atom. The number of nitrogens with zero attached hydrogens (tertiary/aromatic N) is 3. The van der Waals surface area contributed by atoms with Crippen molar-refractivity contribution in [2.24, 2.45) is 0 Å². The molecule has 0 aromatic carbocycles. The van der Waals surface area contributed by atoms with Crippen LogP contribution < -0.4 is 0 Å².